The van der Waals surface area contributed by atoms with E-state index in [0.717, 1.165) is 39.3 Å². The number of aryl methyl sites for hydroxylation is 4. The second-order valence-corrected chi connectivity index (χ2v) is 7.91. The molecule has 2 heterocycles. The molecule has 33 heavy (non-hydrogen) atoms. The van der Waals surface area contributed by atoms with Gasteiger partial charge < -0.3 is 9.47 Å². The Morgan fingerprint density at radius 2 is 1.73 bits per heavy atom. The lowest BCUT2D eigenvalue weighted by Gasteiger charge is -2.16. The molecule has 9 nitrogen and oxygen atoms in total. The van der Waals surface area contributed by atoms with E-state index in [1.807, 2.05) is 34.7 Å². The molecule has 0 fully saturated rings. The van der Waals surface area contributed by atoms with Crippen LogP contribution in [0.25, 0.3) is 11.0 Å². The van der Waals surface area contributed by atoms with E-state index < -0.39 is 12.0 Å². The number of ether oxygens (including phenoxy) is 2. The van der Waals surface area contributed by atoms with Crippen LogP contribution in [0.3, 0.4) is 0 Å². The fraction of sp³-hybridized carbons (Fsp3) is 0.417. The van der Waals surface area contributed by atoms with Crippen molar-refractivity contribution < 1.29 is 19.1 Å². The Labute approximate surface area is 193 Å². The number of hydrogen-bond donors (Lipinski definition) is 2. The zero-order valence-electron chi connectivity index (χ0n) is 20.0. The van der Waals surface area contributed by atoms with Crippen LogP contribution in [0.2, 0.25) is 0 Å². The molecule has 0 bridgehead atoms. The molecule has 0 aliphatic rings. The maximum absolute atomic E-state index is 12.3. The van der Waals surface area contributed by atoms with Crippen LogP contribution in [0.1, 0.15) is 42.8 Å². The fourth-order valence-corrected chi connectivity index (χ4v) is 3.80. The summed E-state index contributed by atoms with van der Waals surface area (Å²) in [5, 5.41) is 5.47. The summed E-state index contributed by atoms with van der Waals surface area (Å²) in [4.78, 5) is 29.3. The lowest BCUT2D eigenvalue weighted by Crippen LogP contribution is -2.47. The summed E-state index contributed by atoms with van der Waals surface area (Å²) >= 11 is 0. The maximum Gasteiger partial charge on any atom is 0.279 e. The first-order chi connectivity index (χ1) is 15.7. The van der Waals surface area contributed by atoms with E-state index in [1.165, 1.54) is 0 Å². The highest BCUT2D eigenvalue weighted by atomic mass is 16.5. The average Bonchev–Trinajstić information content (AvgIpc) is 3.06. The van der Waals surface area contributed by atoms with Crippen LogP contribution in [0.4, 0.5) is 0 Å². The smallest absolute Gasteiger partial charge is 0.279 e. The van der Waals surface area contributed by atoms with Crippen LogP contribution >= 0.6 is 0 Å². The SMILES string of the molecule is CCOc1ccc(OC(C)C(=O)NNC(=O)CCc2c(C)nc3c(c(C)nn3C)c2C)cc1. The van der Waals surface area contributed by atoms with E-state index in [0.29, 0.717) is 18.8 Å². The van der Waals surface area contributed by atoms with Crippen molar-refractivity contribution in [3.63, 3.8) is 0 Å². The van der Waals surface area contributed by atoms with Crippen LogP contribution in [-0.2, 0) is 23.1 Å². The number of pyridine rings is 1. The molecular formula is C24H31N5O4. The normalized spacial score (nSPS) is 11.8. The number of nitrogens with zero attached hydrogens (tertiary/aromatic N) is 3. The van der Waals surface area contributed by atoms with Crippen LogP contribution in [0.5, 0.6) is 11.5 Å². The quantitative estimate of drug-likeness (QED) is 0.508. The molecule has 0 saturated heterocycles. The molecule has 2 amide bonds. The number of nitrogens with one attached hydrogen (secondary N) is 2. The second kappa shape index (κ2) is 10.3. The van der Waals surface area contributed by atoms with Crippen LogP contribution in [0.15, 0.2) is 24.3 Å². The van der Waals surface area contributed by atoms with E-state index in [4.69, 9.17) is 9.47 Å². The van der Waals surface area contributed by atoms with Crippen molar-refractivity contribution in [2.24, 2.45) is 7.05 Å². The monoisotopic (exact) mass is 453 g/mol. The number of carbonyl (C=O) groups excluding carboxylic acids is 2. The second-order valence-electron chi connectivity index (χ2n) is 7.91. The van der Waals surface area contributed by atoms with Gasteiger partial charge in [0.15, 0.2) is 11.8 Å². The molecule has 0 saturated carbocycles. The van der Waals surface area contributed by atoms with Gasteiger partial charge in [-0.2, -0.15) is 5.10 Å². The summed E-state index contributed by atoms with van der Waals surface area (Å²) in [6.07, 6.45) is -0.0647. The third-order valence-electron chi connectivity index (χ3n) is 5.47. The topological polar surface area (TPSA) is 107 Å². The molecule has 9 heteroatoms. The number of hydrazine groups is 1. The van der Waals surface area contributed by atoms with Gasteiger partial charge >= 0.3 is 0 Å². The average molecular weight is 454 g/mol. The number of amides is 2. The fourth-order valence-electron chi connectivity index (χ4n) is 3.80. The van der Waals surface area contributed by atoms with Gasteiger partial charge in [0.05, 0.1) is 12.3 Å². The van der Waals surface area contributed by atoms with Gasteiger partial charge in [-0.05, 0) is 76.4 Å². The van der Waals surface area contributed by atoms with E-state index in [-0.39, 0.29) is 12.3 Å². The van der Waals surface area contributed by atoms with Crippen molar-refractivity contribution in [3.8, 4) is 11.5 Å². The lowest BCUT2D eigenvalue weighted by atomic mass is 9.99. The molecule has 3 aromatic rings. The van der Waals surface area contributed by atoms with Gasteiger partial charge in [-0.3, -0.25) is 25.1 Å². The van der Waals surface area contributed by atoms with Gasteiger partial charge in [0.1, 0.15) is 11.5 Å². The highest BCUT2D eigenvalue weighted by Gasteiger charge is 2.18. The minimum atomic E-state index is -0.784. The number of aromatic nitrogens is 3. The number of carbonyl (C=O) groups is 2. The zero-order chi connectivity index (χ0) is 24.1. The molecule has 1 unspecified atom stereocenters. The molecule has 3 rings (SSSR count). The van der Waals surface area contributed by atoms with Gasteiger partial charge in [-0.25, -0.2) is 4.98 Å². The Kier molecular flexibility index (Phi) is 7.52. The van der Waals surface area contributed by atoms with Crippen LogP contribution < -0.4 is 20.3 Å². The van der Waals surface area contributed by atoms with Gasteiger partial charge in [0, 0.05) is 24.5 Å². The predicted molar refractivity (Wildman–Crippen MR) is 125 cm³/mol. The summed E-state index contributed by atoms with van der Waals surface area (Å²) in [7, 11) is 1.87. The van der Waals surface area contributed by atoms with E-state index >= 15 is 0 Å². The third kappa shape index (κ3) is 5.60. The molecule has 1 atom stereocenters. The highest BCUT2D eigenvalue weighted by molar-refractivity contribution is 5.85. The lowest BCUT2D eigenvalue weighted by molar-refractivity contribution is -0.132. The minimum absolute atomic E-state index is 0.211. The summed E-state index contributed by atoms with van der Waals surface area (Å²) in [6, 6.07) is 7.00. The van der Waals surface area contributed by atoms with Gasteiger partial charge in [0.2, 0.25) is 5.91 Å². The van der Waals surface area contributed by atoms with Crippen LogP contribution in [-0.4, -0.2) is 39.3 Å². The van der Waals surface area contributed by atoms with Crippen molar-refractivity contribution in [2.75, 3.05) is 6.61 Å². The standard InChI is InChI=1S/C24H31N5O4/c1-7-32-18-8-10-19(11-9-18)33-17(5)24(31)27-26-21(30)13-12-20-14(2)22-16(4)28-29(6)23(22)25-15(20)3/h8-11,17H,7,12-13H2,1-6H3,(H,26,30)(H,27,31). The van der Waals surface area contributed by atoms with Crippen molar-refractivity contribution in [2.45, 2.75) is 53.6 Å². The molecule has 0 spiro atoms. The first-order valence-corrected chi connectivity index (χ1v) is 11.0. The summed E-state index contributed by atoms with van der Waals surface area (Å²) in [5.74, 6) is 0.525. The summed E-state index contributed by atoms with van der Waals surface area (Å²) in [5.41, 5.74) is 9.61. The molecule has 1 aromatic carbocycles. The first kappa shape index (κ1) is 24.0. The maximum atomic E-state index is 12.3. The van der Waals surface area contributed by atoms with Crippen molar-refractivity contribution in [1.29, 1.82) is 0 Å². The Bertz CT molecular complexity index is 1150. The van der Waals surface area contributed by atoms with Gasteiger partial charge in [-0.15, -0.1) is 0 Å². The van der Waals surface area contributed by atoms with Gasteiger partial charge in [-0.1, -0.05) is 0 Å². The molecule has 2 N–H and O–H groups in total. The number of benzene rings is 1. The third-order valence-corrected chi connectivity index (χ3v) is 5.47. The Hall–Kier alpha value is -3.62. The van der Waals surface area contributed by atoms with Crippen molar-refractivity contribution in [3.05, 3.63) is 46.8 Å². The number of fused-ring (bicyclic) bond motifs is 1. The van der Waals surface area contributed by atoms with E-state index in [2.05, 4.69) is 20.9 Å². The Balaban J connectivity index is 1.52. The largest absolute Gasteiger partial charge is 0.494 e. The highest BCUT2D eigenvalue weighted by Crippen LogP contribution is 2.26. The van der Waals surface area contributed by atoms with Crippen LogP contribution in [0, 0.1) is 20.8 Å². The van der Waals surface area contributed by atoms with E-state index in [1.54, 1.807) is 35.9 Å². The molecule has 0 radical (unpaired) electrons. The van der Waals surface area contributed by atoms with Crippen molar-refractivity contribution >= 4 is 22.8 Å². The Morgan fingerprint density at radius 3 is 2.39 bits per heavy atom. The Morgan fingerprint density at radius 1 is 1.06 bits per heavy atom. The number of hydrogen-bond acceptors (Lipinski definition) is 6. The molecule has 0 aliphatic carbocycles. The summed E-state index contributed by atoms with van der Waals surface area (Å²) in [6.45, 7) is 10.0. The number of rotatable bonds is 8. The molecule has 2 aromatic heterocycles. The zero-order valence-corrected chi connectivity index (χ0v) is 20.0. The minimum Gasteiger partial charge on any atom is -0.494 e. The van der Waals surface area contributed by atoms with Crippen molar-refractivity contribution in [1.82, 2.24) is 25.6 Å². The first-order valence-electron chi connectivity index (χ1n) is 11.0. The molecule has 0 aliphatic heterocycles. The predicted octanol–water partition coefficient (Wildman–Crippen LogP) is 2.84. The van der Waals surface area contributed by atoms with E-state index in [9.17, 15) is 9.59 Å². The molecular weight excluding hydrogens is 422 g/mol. The molecule has 176 valence electrons. The van der Waals surface area contributed by atoms with Gasteiger partial charge in [0.25, 0.3) is 5.91 Å². The summed E-state index contributed by atoms with van der Waals surface area (Å²) < 4.78 is 12.8.